The van der Waals surface area contributed by atoms with Crippen molar-refractivity contribution in [2.45, 2.75) is 12.7 Å². The van der Waals surface area contributed by atoms with E-state index >= 15 is 0 Å². The molecule has 2 aliphatic rings. The number of methoxy groups -OCH3 is 1. The van der Waals surface area contributed by atoms with Crippen LogP contribution in [0, 0.1) is 5.82 Å². The molecule has 0 unspecified atom stereocenters. The molecule has 0 spiro atoms. The van der Waals surface area contributed by atoms with Gasteiger partial charge in [-0.1, -0.05) is 30.3 Å². The number of rotatable bonds is 5. The van der Waals surface area contributed by atoms with Gasteiger partial charge in [0.1, 0.15) is 12.4 Å². The average Bonchev–Trinajstić information content (AvgIpc) is 3.24. The lowest BCUT2D eigenvalue weighted by molar-refractivity contribution is -0.148. The molecule has 4 rings (SSSR count). The summed E-state index contributed by atoms with van der Waals surface area (Å²) in [5, 5.41) is 0. The number of cyclic esters (lactones) is 1. The van der Waals surface area contributed by atoms with Crippen LogP contribution in [0.25, 0.3) is 0 Å². The van der Waals surface area contributed by atoms with Crippen molar-refractivity contribution in [3.8, 4) is 0 Å². The quantitative estimate of drug-likeness (QED) is 0.504. The second-order valence-corrected chi connectivity index (χ2v) is 7.66. The smallest absolute Gasteiger partial charge is 0.415 e. The van der Waals surface area contributed by atoms with Gasteiger partial charge in [-0.25, -0.2) is 18.8 Å². The van der Waals surface area contributed by atoms with Crippen molar-refractivity contribution < 1.29 is 33.0 Å². The van der Waals surface area contributed by atoms with Gasteiger partial charge in [0, 0.05) is 26.2 Å². The van der Waals surface area contributed by atoms with E-state index in [0.717, 1.165) is 5.56 Å². The van der Waals surface area contributed by atoms with Crippen molar-refractivity contribution in [1.82, 2.24) is 4.90 Å². The Morgan fingerprint density at radius 3 is 2.48 bits per heavy atom. The molecule has 9 nitrogen and oxygen atoms in total. The van der Waals surface area contributed by atoms with Crippen molar-refractivity contribution >= 4 is 29.5 Å². The second kappa shape index (κ2) is 9.76. The Morgan fingerprint density at radius 1 is 1.09 bits per heavy atom. The van der Waals surface area contributed by atoms with Gasteiger partial charge in [0.25, 0.3) is 0 Å². The van der Waals surface area contributed by atoms with E-state index in [1.54, 1.807) is 17.0 Å². The summed E-state index contributed by atoms with van der Waals surface area (Å²) in [6, 6.07) is 13.8. The van der Waals surface area contributed by atoms with Crippen molar-refractivity contribution in [2.24, 2.45) is 0 Å². The standard InChI is InChI=1S/C23H24FN3O6/c1-31-21(28)20-14-27(23(30)33-20)17-7-8-19(18(24)13-17)25-9-11-26(12-10-25)22(29)32-15-16-5-3-2-4-6-16/h2-8,13,20H,9-12,14-15H2,1H3/t20-/m1/s1. The highest BCUT2D eigenvalue weighted by Crippen LogP contribution is 2.29. The molecule has 0 aromatic heterocycles. The fourth-order valence-electron chi connectivity index (χ4n) is 3.79. The summed E-state index contributed by atoms with van der Waals surface area (Å²) in [6.07, 6.45) is -2.18. The number of benzene rings is 2. The van der Waals surface area contributed by atoms with Crippen LogP contribution >= 0.6 is 0 Å². The number of nitrogens with zero attached hydrogens (tertiary/aromatic N) is 3. The van der Waals surface area contributed by atoms with Crippen molar-refractivity contribution in [2.75, 3.05) is 49.6 Å². The lowest BCUT2D eigenvalue weighted by Gasteiger charge is -2.35. The second-order valence-electron chi connectivity index (χ2n) is 7.66. The SMILES string of the molecule is COC(=O)[C@H]1CN(c2ccc(N3CCN(C(=O)OCc4ccccc4)CC3)c(F)c2)C(=O)O1. The van der Waals surface area contributed by atoms with Crippen LogP contribution in [0.4, 0.5) is 25.4 Å². The molecule has 33 heavy (non-hydrogen) atoms. The van der Waals surface area contributed by atoms with Crippen molar-refractivity contribution in [3.05, 3.63) is 59.9 Å². The van der Waals surface area contributed by atoms with Crippen LogP contribution in [0.5, 0.6) is 0 Å². The topological polar surface area (TPSA) is 88.6 Å². The molecule has 0 radical (unpaired) electrons. The van der Waals surface area contributed by atoms with Crippen molar-refractivity contribution in [1.29, 1.82) is 0 Å². The molecule has 2 amide bonds. The van der Waals surface area contributed by atoms with E-state index in [1.165, 1.54) is 18.1 Å². The van der Waals surface area contributed by atoms with Gasteiger partial charge in [0.2, 0.25) is 6.10 Å². The number of amides is 2. The van der Waals surface area contributed by atoms with Gasteiger partial charge in [-0.2, -0.15) is 0 Å². The molecular formula is C23H24FN3O6. The number of hydrogen-bond donors (Lipinski definition) is 0. The Kier molecular flexibility index (Phi) is 6.62. The fraction of sp³-hybridized carbons (Fsp3) is 0.348. The molecule has 1 atom stereocenters. The molecule has 0 bridgehead atoms. The highest BCUT2D eigenvalue weighted by Gasteiger charge is 2.38. The molecule has 2 aromatic rings. The van der Waals surface area contributed by atoms with Gasteiger partial charge in [-0.05, 0) is 23.8 Å². The molecule has 2 aliphatic heterocycles. The van der Waals surface area contributed by atoms with E-state index in [4.69, 9.17) is 9.47 Å². The number of carbonyl (C=O) groups excluding carboxylic acids is 3. The Morgan fingerprint density at radius 2 is 1.82 bits per heavy atom. The van der Waals surface area contributed by atoms with Crippen LogP contribution in [0.1, 0.15) is 5.56 Å². The number of esters is 1. The summed E-state index contributed by atoms with van der Waals surface area (Å²) < 4.78 is 29.8. The Labute approximate surface area is 190 Å². The van der Waals surface area contributed by atoms with Crippen LogP contribution < -0.4 is 9.80 Å². The molecule has 0 saturated carbocycles. The van der Waals surface area contributed by atoms with Gasteiger partial charge in [0.05, 0.1) is 25.0 Å². The molecule has 2 heterocycles. The van der Waals surface area contributed by atoms with E-state index in [2.05, 4.69) is 4.74 Å². The summed E-state index contributed by atoms with van der Waals surface area (Å²) >= 11 is 0. The highest BCUT2D eigenvalue weighted by molar-refractivity contribution is 5.94. The number of carbonyl (C=O) groups is 3. The van der Waals surface area contributed by atoms with Crippen LogP contribution in [0.2, 0.25) is 0 Å². The lowest BCUT2D eigenvalue weighted by atomic mass is 10.2. The average molecular weight is 457 g/mol. The summed E-state index contributed by atoms with van der Waals surface area (Å²) in [7, 11) is 1.20. The summed E-state index contributed by atoms with van der Waals surface area (Å²) in [5.74, 6) is -1.18. The third-order valence-corrected chi connectivity index (χ3v) is 5.60. The van der Waals surface area contributed by atoms with E-state index in [9.17, 15) is 18.8 Å². The third kappa shape index (κ3) is 5.00. The van der Waals surface area contributed by atoms with E-state index in [1.807, 2.05) is 35.2 Å². The predicted octanol–water partition coefficient (Wildman–Crippen LogP) is 2.78. The van der Waals surface area contributed by atoms with Crippen LogP contribution in [-0.4, -0.2) is 69.0 Å². The van der Waals surface area contributed by atoms with Crippen molar-refractivity contribution in [3.63, 3.8) is 0 Å². The predicted molar refractivity (Wildman–Crippen MR) is 116 cm³/mol. The minimum absolute atomic E-state index is 0.0476. The summed E-state index contributed by atoms with van der Waals surface area (Å²) in [5.41, 5.74) is 1.57. The molecular weight excluding hydrogens is 433 g/mol. The van der Waals surface area contributed by atoms with Gasteiger partial charge < -0.3 is 24.0 Å². The first kappa shape index (κ1) is 22.4. The molecule has 10 heteroatoms. The normalized spacial score (nSPS) is 18.2. The summed E-state index contributed by atoms with van der Waals surface area (Å²) in [4.78, 5) is 40.6. The largest absolute Gasteiger partial charge is 0.466 e. The maximum atomic E-state index is 14.9. The summed E-state index contributed by atoms with van der Waals surface area (Å²) in [6.45, 7) is 1.82. The maximum absolute atomic E-state index is 14.9. The first-order chi connectivity index (χ1) is 16.0. The monoisotopic (exact) mass is 457 g/mol. The zero-order valence-electron chi connectivity index (χ0n) is 18.1. The highest BCUT2D eigenvalue weighted by atomic mass is 19.1. The van der Waals surface area contributed by atoms with Crippen LogP contribution in [-0.2, 0) is 25.6 Å². The minimum atomic E-state index is -1.04. The number of piperazine rings is 1. The maximum Gasteiger partial charge on any atom is 0.415 e. The van der Waals surface area contributed by atoms with E-state index < -0.39 is 30.1 Å². The minimum Gasteiger partial charge on any atom is -0.466 e. The Bertz CT molecular complexity index is 1030. The Hall–Kier alpha value is -3.82. The van der Waals surface area contributed by atoms with Crippen LogP contribution in [0.15, 0.2) is 48.5 Å². The van der Waals surface area contributed by atoms with Gasteiger partial charge in [-0.3, -0.25) is 4.90 Å². The van der Waals surface area contributed by atoms with Gasteiger partial charge >= 0.3 is 18.2 Å². The number of ether oxygens (including phenoxy) is 3. The number of anilines is 2. The first-order valence-electron chi connectivity index (χ1n) is 10.5. The van der Waals surface area contributed by atoms with E-state index in [-0.39, 0.29) is 18.8 Å². The molecule has 174 valence electrons. The zero-order valence-corrected chi connectivity index (χ0v) is 18.1. The Balaban J connectivity index is 1.33. The molecule has 2 fully saturated rings. The van der Waals surface area contributed by atoms with E-state index in [0.29, 0.717) is 31.9 Å². The lowest BCUT2D eigenvalue weighted by Crippen LogP contribution is -2.49. The molecule has 2 aromatic carbocycles. The van der Waals surface area contributed by atoms with Gasteiger partial charge in [0.15, 0.2) is 0 Å². The van der Waals surface area contributed by atoms with Crippen LogP contribution in [0.3, 0.4) is 0 Å². The molecule has 2 saturated heterocycles. The fourth-order valence-corrected chi connectivity index (χ4v) is 3.79. The number of halogens is 1. The third-order valence-electron chi connectivity index (χ3n) is 5.60. The first-order valence-corrected chi connectivity index (χ1v) is 10.5. The molecule has 0 N–H and O–H groups in total. The van der Waals surface area contributed by atoms with Gasteiger partial charge in [-0.15, -0.1) is 0 Å². The number of hydrogen-bond acceptors (Lipinski definition) is 7. The molecule has 0 aliphatic carbocycles. The zero-order chi connectivity index (χ0) is 23.4.